The number of piperazine rings is 1. The van der Waals surface area contributed by atoms with Crippen molar-refractivity contribution in [2.45, 2.75) is 67.2 Å². The number of nitrogens with one attached hydrogen (secondary N) is 1. The number of carbonyl (C=O) groups excluding carboxylic acids is 3. The minimum atomic E-state index is -0.628. The molecular formula is C43H50N14O4. The van der Waals surface area contributed by atoms with Gasteiger partial charge in [0.05, 0.1) is 29.1 Å². The first-order valence-corrected chi connectivity index (χ1v) is 20.6. The Labute approximate surface area is 352 Å². The van der Waals surface area contributed by atoms with Crippen molar-refractivity contribution in [2.75, 3.05) is 44.6 Å². The van der Waals surface area contributed by atoms with Crippen molar-refractivity contribution in [3.05, 3.63) is 83.1 Å². The average molecular weight is 827 g/mol. The van der Waals surface area contributed by atoms with Gasteiger partial charge in [-0.2, -0.15) is 10.2 Å². The minimum Gasteiger partial charge on any atom is -0.491 e. The minimum absolute atomic E-state index is 0.209. The average Bonchev–Trinajstić information content (AvgIpc) is 4.01. The fourth-order valence-corrected chi connectivity index (χ4v) is 7.95. The van der Waals surface area contributed by atoms with Gasteiger partial charge in [-0.25, -0.2) is 19.9 Å². The van der Waals surface area contributed by atoms with Crippen LogP contribution in [-0.2, 0) is 31.0 Å². The third kappa shape index (κ3) is 8.30. The molecule has 0 atom stereocenters. The lowest BCUT2D eigenvalue weighted by Gasteiger charge is -2.32. The van der Waals surface area contributed by atoms with E-state index in [2.05, 4.69) is 54.0 Å². The molecule has 1 fully saturated rings. The van der Waals surface area contributed by atoms with E-state index in [0.717, 1.165) is 95.9 Å². The monoisotopic (exact) mass is 826 g/mol. The van der Waals surface area contributed by atoms with Crippen LogP contribution in [0.25, 0.3) is 44.6 Å². The Morgan fingerprint density at radius 2 is 1.57 bits per heavy atom. The van der Waals surface area contributed by atoms with Crippen LogP contribution in [0.1, 0.15) is 58.1 Å². The van der Waals surface area contributed by atoms with Crippen LogP contribution in [0.2, 0.25) is 0 Å². The number of ether oxygens (including phenoxy) is 1. The smallest absolute Gasteiger partial charge is 0.276 e. The second-order valence-corrected chi connectivity index (χ2v) is 15.3. The summed E-state index contributed by atoms with van der Waals surface area (Å²) in [7, 11) is 0. The molecule has 1 saturated heterocycles. The van der Waals surface area contributed by atoms with Gasteiger partial charge < -0.3 is 19.9 Å². The zero-order chi connectivity index (χ0) is 42.8. The summed E-state index contributed by atoms with van der Waals surface area (Å²) in [4.78, 5) is 60.2. The molecule has 6 aromatic heterocycles. The number of aryl methyl sites for hydroxylation is 5. The number of anilines is 1. The summed E-state index contributed by atoms with van der Waals surface area (Å²) in [6.07, 6.45) is 9.06. The Morgan fingerprint density at radius 1 is 0.836 bits per heavy atom. The topological polar surface area (TPSA) is 202 Å². The summed E-state index contributed by atoms with van der Waals surface area (Å²) in [5, 5.41) is 13.9. The van der Waals surface area contributed by atoms with Gasteiger partial charge in [-0.1, -0.05) is 12.2 Å². The van der Waals surface area contributed by atoms with E-state index in [1.165, 1.54) is 6.20 Å². The normalized spacial score (nSPS) is 13.6. The summed E-state index contributed by atoms with van der Waals surface area (Å²) in [6.45, 7) is 16.3. The number of rotatable bonds is 16. The number of carbonyl (C=O) groups is 3. The lowest BCUT2D eigenvalue weighted by atomic mass is 10.1. The van der Waals surface area contributed by atoms with Crippen LogP contribution in [0, 0.1) is 20.8 Å². The lowest BCUT2D eigenvalue weighted by Crippen LogP contribution is -2.46. The van der Waals surface area contributed by atoms with Crippen molar-refractivity contribution >= 4 is 57.3 Å². The summed E-state index contributed by atoms with van der Waals surface area (Å²) >= 11 is 0. The number of nitrogens with zero attached hydrogens (tertiary/aromatic N) is 12. The van der Waals surface area contributed by atoms with Crippen LogP contribution in [0.5, 0.6) is 5.75 Å². The summed E-state index contributed by atoms with van der Waals surface area (Å²) in [6, 6.07) is 9.51. The molecule has 7 heterocycles. The van der Waals surface area contributed by atoms with Gasteiger partial charge in [0, 0.05) is 82.1 Å². The Kier molecular flexibility index (Phi) is 11.6. The molecule has 0 unspecified atom stereocenters. The first-order valence-electron chi connectivity index (χ1n) is 20.6. The highest BCUT2D eigenvalue weighted by Gasteiger charge is 2.22. The Hall–Kier alpha value is -6.95. The first-order chi connectivity index (χ1) is 29.5. The van der Waals surface area contributed by atoms with E-state index < -0.39 is 5.91 Å². The summed E-state index contributed by atoms with van der Waals surface area (Å²) < 4.78 is 14.1. The third-order valence-electron chi connectivity index (χ3n) is 10.9. The number of nitrogens with two attached hydrogens (primary N) is 1. The standard InChI is InChI=1S/C43H50N14O4/c1-6-56-34(21-28(4)50-56)39-45-25-32-31-19-27(3)20-36(61-18-10-11-52-14-16-53(26-58)17-15-52)37(31)54(40(32)48-39)12-8-9-13-55-41-33(23-30(24-46-41)38(44)59)47-43(55)49-42(60)35-22-29(5)51-57(35)7-2/h8-9,19-26H,6-7,10-18H2,1-5H3,(H2,44,59)(H,47,49,60)/b9-8+. The quantitative estimate of drug-likeness (QED) is 0.0789. The predicted octanol–water partition coefficient (Wildman–Crippen LogP) is 4.50. The molecule has 3 N–H and O–H groups in total. The second kappa shape index (κ2) is 17.3. The molecule has 1 aliphatic heterocycles. The molecule has 61 heavy (non-hydrogen) atoms. The number of amides is 3. The first kappa shape index (κ1) is 40.8. The van der Waals surface area contributed by atoms with Crippen molar-refractivity contribution in [1.82, 2.24) is 58.4 Å². The Balaban J connectivity index is 1.13. The maximum absolute atomic E-state index is 13.6. The maximum Gasteiger partial charge on any atom is 0.276 e. The number of pyridine rings is 1. The van der Waals surface area contributed by atoms with Crippen LogP contribution < -0.4 is 15.8 Å². The van der Waals surface area contributed by atoms with Crippen LogP contribution in [0.15, 0.2) is 54.9 Å². The molecule has 18 nitrogen and oxygen atoms in total. The molecule has 1 aliphatic rings. The van der Waals surface area contributed by atoms with Gasteiger partial charge in [0.15, 0.2) is 11.5 Å². The van der Waals surface area contributed by atoms with Crippen LogP contribution >= 0.6 is 0 Å². The van der Waals surface area contributed by atoms with Gasteiger partial charge >= 0.3 is 0 Å². The number of aromatic nitrogens is 10. The highest BCUT2D eigenvalue weighted by molar-refractivity contribution is 6.09. The molecule has 7 aromatic rings. The van der Waals surface area contributed by atoms with Crippen molar-refractivity contribution in [3.63, 3.8) is 0 Å². The van der Waals surface area contributed by atoms with E-state index in [0.29, 0.717) is 48.9 Å². The van der Waals surface area contributed by atoms with Gasteiger partial charge in [-0.15, -0.1) is 0 Å². The fraction of sp³-hybridized carbons (Fsp3) is 0.372. The SMILES string of the molecule is CCn1nc(C)cc1C(=O)Nc1nc2cc(C(N)=O)cnc2n1C/C=C/Cn1c2nc(-c3cc(C)nn3CC)ncc2c2cc(C)cc(OCCCN3CCN(C=O)CC3)c21. The molecule has 3 amide bonds. The third-order valence-corrected chi connectivity index (χ3v) is 10.9. The zero-order valence-electron chi connectivity index (χ0n) is 35.1. The van der Waals surface area contributed by atoms with Crippen molar-refractivity contribution in [2.24, 2.45) is 5.73 Å². The molecule has 0 spiro atoms. The molecule has 0 bridgehead atoms. The van der Waals surface area contributed by atoms with Gasteiger partial charge in [-0.3, -0.25) is 38.5 Å². The largest absolute Gasteiger partial charge is 0.491 e. The predicted molar refractivity (Wildman–Crippen MR) is 231 cm³/mol. The molecule has 0 aliphatic carbocycles. The Bertz CT molecular complexity index is 2800. The molecule has 1 aromatic carbocycles. The number of primary amides is 1. The van der Waals surface area contributed by atoms with Crippen molar-refractivity contribution < 1.29 is 19.1 Å². The van der Waals surface area contributed by atoms with E-state index in [1.807, 2.05) is 61.7 Å². The van der Waals surface area contributed by atoms with Gasteiger partial charge in [0.1, 0.15) is 28.3 Å². The number of fused-ring (bicyclic) bond motifs is 4. The molecule has 0 radical (unpaired) electrons. The van der Waals surface area contributed by atoms with Crippen LogP contribution in [0.4, 0.5) is 5.95 Å². The number of allylic oxidation sites excluding steroid dienone is 2. The van der Waals surface area contributed by atoms with E-state index in [-0.39, 0.29) is 24.0 Å². The summed E-state index contributed by atoms with van der Waals surface area (Å²) in [5.41, 5.74) is 12.2. The van der Waals surface area contributed by atoms with Crippen molar-refractivity contribution in [3.8, 4) is 17.3 Å². The second-order valence-electron chi connectivity index (χ2n) is 15.3. The van der Waals surface area contributed by atoms with E-state index in [9.17, 15) is 14.4 Å². The van der Waals surface area contributed by atoms with Gasteiger partial charge in [-0.05, 0) is 76.9 Å². The van der Waals surface area contributed by atoms with E-state index in [1.54, 1.807) is 21.4 Å². The van der Waals surface area contributed by atoms with Gasteiger partial charge in [0.2, 0.25) is 18.3 Å². The number of hydrogen-bond acceptors (Lipinski definition) is 11. The number of hydrogen-bond donors (Lipinski definition) is 2. The van der Waals surface area contributed by atoms with E-state index in [4.69, 9.17) is 20.4 Å². The van der Waals surface area contributed by atoms with Crippen LogP contribution in [0.3, 0.4) is 0 Å². The highest BCUT2D eigenvalue weighted by Crippen LogP contribution is 2.36. The molecule has 18 heteroatoms. The molecular weight excluding hydrogens is 777 g/mol. The highest BCUT2D eigenvalue weighted by atomic mass is 16.5. The molecule has 316 valence electrons. The molecule has 0 saturated carbocycles. The van der Waals surface area contributed by atoms with Crippen molar-refractivity contribution in [1.29, 1.82) is 0 Å². The molecule has 8 rings (SSSR count). The fourth-order valence-electron chi connectivity index (χ4n) is 7.95. The van der Waals surface area contributed by atoms with Crippen LogP contribution in [-0.4, -0.2) is 116 Å². The number of imidazole rings is 1. The zero-order valence-corrected chi connectivity index (χ0v) is 35.1. The van der Waals surface area contributed by atoms with E-state index >= 15 is 0 Å². The summed E-state index contributed by atoms with van der Waals surface area (Å²) in [5.74, 6) is 0.584. The Morgan fingerprint density at radius 3 is 2.31 bits per heavy atom. The van der Waals surface area contributed by atoms with Gasteiger partial charge in [0.25, 0.3) is 5.91 Å². The maximum atomic E-state index is 13.6. The number of benzene rings is 1. The lowest BCUT2D eigenvalue weighted by molar-refractivity contribution is -0.119.